The summed E-state index contributed by atoms with van der Waals surface area (Å²) in [5.74, 6) is -0.763. The zero-order valence-electron chi connectivity index (χ0n) is 16.0. The van der Waals surface area contributed by atoms with Gasteiger partial charge in [0.2, 0.25) is 5.91 Å². The van der Waals surface area contributed by atoms with E-state index in [1.54, 1.807) is 13.8 Å². The summed E-state index contributed by atoms with van der Waals surface area (Å²) >= 11 is 0. The Morgan fingerprint density at radius 3 is 2.69 bits per heavy atom. The molecule has 10 heteroatoms. The van der Waals surface area contributed by atoms with Crippen molar-refractivity contribution < 1.29 is 27.8 Å². The van der Waals surface area contributed by atoms with Crippen LogP contribution in [0.2, 0.25) is 0 Å². The highest BCUT2D eigenvalue weighted by Crippen LogP contribution is 2.32. The molecule has 1 aliphatic rings. The number of nitrogens with one attached hydrogen (secondary N) is 1. The number of aliphatic hydroxyl groups excluding tert-OH is 1. The van der Waals surface area contributed by atoms with Gasteiger partial charge in [0.15, 0.2) is 0 Å². The second-order valence-corrected chi connectivity index (χ2v) is 7.45. The van der Waals surface area contributed by atoms with Gasteiger partial charge in [0.1, 0.15) is 6.54 Å². The first kappa shape index (κ1) is 21.3. The highest BCUT2D eigenvalue weighted by atomic mass is 19.4. The van der Waals surface area contributed by atoms with Gasteiger partial charge in [-0.25, -0.2) is 4.68 Å². The van der Waals surface area contributed by atoms with E-state index in [1.807, 2.05) is 0 Å². The molecule has 158 valence electrons. The molecular weight excluding hydrogens is 391 g/mol. The van der Waals surface area contributed by atoms with Crippen LogP contribution in [0, 0.1) is 0 Å². The summed E-state index contributed by atoms with van der Waals surface area (Å²) in [6.45, 7) is 3.56. The number of hydrogen-bond donors (Lipinski definition) is 2. The maximum Gasteiger partial charge on any atom is 0.416 e. The van der Waals surface area contributed by atoms with E-state index in [0.717, 1.165) is 22.9 Å². The smallest absolute Gasteiger partial charge is 0.391 e. The van der Waals surface area contributed by atoms with Gasteiger partial charge in [-0.3, -0.25) is 9.59 Å². The van der Waals surface area contributed by atoms with Gasteiger partial charge in [0.25, 0.3) is 5.56 Å². The van der Waals surface area contributed by atoms with Crippen LogP contribution >= 0.6 is 0 Å². The number of ether oxygens (including phenoxy) is 1. The lowest BCUT2D eigenvalue weighted by atomic mass is 10.0. The summed E-state index contributed by atoms with van der Waals surface area (Å²) in [4.78, 5) is 25.1. The number of aliphatic hydroxyl groups is 1. The highest BCUT2D eigenvalue weighted by Gasteiger charge is 2.31. The number of nitrogens with zero attached hydrogens (tertiary/aromatic N) is 2. The Balaban J connectivity index is 1.93. The summed E-state index contributed by atoms with van der Waals surface area (Å²) < 4.78 is 45.3. The maximum atomic E-state index is 13.1. The Morgan fingerprint density at radius 1 is 1.34 bits per heavy atom. The molecule has 2 atom stereocenters. The van der Waals surface area contributed by atoms with Crippen LogP contribution in [0.25, 0.3) is 10.8 Å². The summed E-state index contributed by atoms with van der Waals surface area (Å²) in [6.07, 6.45) is -4.88. The van der Waals surface area contributed by atoms with Crippen molar-refractivity contribution in [1.29, 1.82) is 0 Å². The third-order valence-corrected chi connectivity index (χ3v) is 4.71. The minimum Gasteiger partial charge on any atom is -0.391 e. The SMILES string of the molecule is CC(C)c1nn(CC(=O)N[C@H]2COC[C@H](O)C2)c(=O)c2ccc(C(F)(F)F)cc12. The molecule has 1 aromatic heterocycles. The Kier molecular flexibility index (Phi) is 5.95. The van der Waals surface area contributed by atoms with Crippen molar-refractivity contribution in [1.82, 2.24) is 15.1 Å². The van der Waals surface area contributed by atoms with Gasteiger partial charge in [-0.15, -0.1) is 0 Å². The average Bonchev–Trinajstić information content (AvgIpc) is 2.62. The summed E-state index contributed by atoms with van der Waals surface area (Å²) in [7, 11) is 0. The van der Waals surface area contributed by atoms with Crippen LogP contribution in [0.15, 0.2) is 23.0 Å². The molecule has 2 N–H and O–H groups in total. The summed E-state index contributed by atoms with van der Waals surface area (Å²) in [5, 5.41) is 16.6. The van der Waals surface area contributed by atoms with E-state index in [1.165, 1.54) is 0 Å². The number of amides is 1. The van der Waals surface area contributed by atoms with E-state index < -0.39 is 29.3 Å². The predicted octanol–water partition coefficient (Wildman–Crippen LogP) is 1.80. The van der Waals surface area contributed by atoms with Gasteiger partial charge < -0.3 is 15.2 Å². The minimum absolute atomic E-state index is 0.0703. The van der Waals surface area contributed by atoms with Crippen LogP contribution < -0.4 is 10.9 Å². The molecule has 1 saturated heterocycles. The zero-order chi connectivity index (χ0) is 21.3. The van der Waals surface area contributed by atoms with Crippen LogP contribution in [0.4, 0.5) is 13.2 Å². The Labute approximate surface area is 164 Å². The molecule has 0 radical (unpaired) electrons. The number of carbonyl (C=O) groups excluding carboxylic acids is 1. The van der Waals surface area contributed by atoms with Crippen LogP contribution in [-0.4, -0.2) is 46.2 Å². The lowest BCUT2D eigenvalue weighted by molar-refractivity contribution is -0.137. The first-order valence-corrected chi connectivity index (χ1v) is 9.23. The van der Waals surface area contributed by atoms with Crippen molar-refractivity contribution in [2.75, 3.05) is 13.2 Å². The number of hydrogen-bond acceptors (Lipinski definition) is 5. The first-order valence-electron chi connectivity index (χ1n) is 9.23. The largest absolute Gasteiger partial charge is 0.416 e. The molecule has 2 heterocycles. The Hall–Kier alpha value is -2.46. The fourth-order valence-electron chi connectivity index (χ4n) is 3.34. The van der Waals surface area contributed by atoms with Crippen LogP contribution in [0.5, 0.6) is 0 Å². The lowest BCUT2D eigenvalue weighted by Crippen LogP contribution is -2.46. The highest BCUT2D eigenvalue weighted by molar-refractivity contribution is 5.85. The number of benzene rings is 1. The number of halogens is 3. The molecule has 2 aromatic rings. The van der Waals surface area contributed by atoms with Gasteiger partial charge in [0, 0.05) is 5.39 Å². The van der Waals surface area contributed by atoms with Gasteiger partial charge in [-0.1, -0.05) is 13.8 Å². The number of fused-ring (bicyclic) bond motifs is 1. The quantitative estimate of drug-likeness (QED) is 0.798. The monoisotopic (exact) mass is 413 g/mol. The van der Waals surface area contributed by atoms with Crippen LogP contribution in [-0.2, 0) is 22.3 Å². The molecule has 1 fully saturated rings. The molecule has 0 bridgehead atoms. The lowest BCUT2D eigenvalue weighted by Gasteiger charge is -2.26. The third-order valence-electron chi connectivity index (χ3n) is 4.71. The van der Waals surface area contributed by atoms with E-state index in [0.29, 0.717) is 12.1 Å². The van der Waals surface area contributed by atoms with E-state index in [4.69, 9.17) is 4.74 Å². The van der Waals surface area contributed by atoms with E-state index in [9.17, 15) is 27.9 Å². The average molecular weight is 413 g/mol. The van der Waals surface area contributed by atoms with E-state index >= 15 is 0 Å². The molecule has 0 saturated carbocycles. The van der Waals surface area contributed by atoms with Crippen molar-refractivity contribution in [2.24, 2.45) is 0 Å². The second-order valence-electron chi connectivity index (χ2n) is 7.45. The maximum absolute atomic E-state index is 13.1. The van der Waals surface area contributed by atoms with Crippen molar-refractivity contribution >= 4 is 16.7 Å². The normalized spacial score (nSPS) is 20.2. The fourth-order valence-corrected chi connectivity index (χ4v) is 3.34. The molecule has 1 aliphatic heterocycles. The summed E-state index contributed by atoms with van der Waals surface area (Å²) in [6, 6.07) is 2.50. The fraction of sp³-hybridized carbons (Fsp3) is 0.526. The topological polar surface area (TPSA) is 93.5 Å². The molecule has 3 rings (SSSR count). The van der Waals surface area contributed by atoms with Crippen molar-refractivity contribution in [2.45, 2.75) is 51.1 Å². The standard InChI is InChI=1S/C19H22F3N3O4/c1-10(2)17-15-5-11(19(20,21)22)3-4-14(15)18(28)25(24-17)7-16(27)23-12-6-13(26)9-29-8-12/h3-5,10,12-13,26H,6-9H2,1-2H3,(H,23,27)/t12-,13-/m1/s1. The first-order chi connectivity index (χ1) is 13.6. The van der Waals surface area contributed by atoms with Crippen molar-refractivity contribution in [3.05, 3.63) is 39.8 Å². The molecule has 0 unspecified atom stereocenters. The van der Waals surface area contributed by atoms with Crippen LogP contribution in [0.3, 0.4) is 0 Å². The third kappa shape index (κ3) is 4.76. The second kappa shape index (κ2) is 8.11. The number of carbonyl (C=O) groups is 1. The number of aromatic nitrogens is 2. The van der Waals surface area contributed by atoms with Crippen molar-refractivity contribution in [3.8, 4) is 0 Å². The predicted molar refractivity (Wildman–Crippen MR) is 98.5 cm³/mol. The summed E-state index contributed by atoms with van der Waals surface area (Å²) in [5.41, 5.74) is -1.21. The Bertz CT molecular complexity index is 972. The molecule has 1 amide bonds. The van der Waals surface area contributed by atoms with E-state index in [-0.39, 0.29) is 42.5 Å². The van der Waals surface area contributed by atoms with Crippen LogP contribution in [0.1, 0.15) is 37.4 Å². The molecule has 7 nitrogen and oxygen atoms in total. The zero-order valence-corrected chi connectivity index (χ0v) is 16.0. The Morgan fingerprint density at radius 2 is 2.07 bits per heavy atom. The molecule has 1 aromatic carbocycles. The van der Waals surface area contributed by atoms with Gasteiger partial charge >= 0.3 is 6.18 Å². The van der Waals surface area contributed by atoms with Gasteiger partial charge in [-0.05, 0) is 30.5 Å². The number of alkyl halides is 3. The van der Waals surface area contributed by atoms with Gasteiger partial charge in [-0.2, -0.15) is 18.3 Å². The molecule has 0 spiro atoms. The minimum atomic E-state index is -4.54. The number of rotatable bonds is 4. The van der Waals surface area contributed by atoms with E-state index in [2.05, 4.69) is 10.4 Å². The molecule has 0 aliphatic carbocycles. The molecular formula is C19H22F3N3O4. The van der Waals surface area contributed by atoms with Crippen molar-refractivity contribution in [3.63, 3.8) is 0 Å². The van der Waals surface area contributed by atoms with Gasteiger partial charge in [0.05, 0.1) is 42.0 Å². The molecule has 29 heavy (non-hydrogen) atoms.